The van der Waals surface area contributed by atoms with E-state index in [4.69, 9.17) is 28.4 Å². The zero-order chi connectivity index (χ0) is 83.9. The van der Waals surface area contributed by atoms with Crippen LogP contribution in [0.4, 0.5) is 136 Å². The fraction of sp³-hybridized carbons (Fsp3) is 0. The molecule has 598 valence electrons. The molecule has 0 spiro atoms. The van der Waals surface area contributed by atoms with Gasteiger partial charge >= 0.3 is 0 Å². The highest BCUT2D eigenvalue weighted by Gasteiger charge is 2.60. The molecule has 0 atom stereocenters. The van der Waals surface area contributed by atoms with E-state index in [0.717, 1.165) is 147 Å². The number of fused-ring (bicyclic) bond motifs is 11. The summed E-state index contributed by atoms with van der Waals surface area (Å²) in [6.45, 7) is -0.555. The van der Waals surface area contributed by atoms with Crippen molar-refractivity contribution in [1.29, 1.82) is 0 Å². The zero-order valence-corrected chi connectivity index (χ0v) is 69.1. The van der Waals surface area contributed by atoms with E-state index in [9.17, 15) is 0 Å². The van der Waals surface area contributed by atoms with Gasteiger partial charge in [0.2, 0.25) is 0 Å². The second-order valence-corrected chi connectivity index (χ2v) is 35.4. The number of ether oxygens (including phenoxy) is 6. The van der Waals surface area contributed by atoms with Crippen LogP contribution in [0, 0.1) is 0 Å². The van der Waals surface area contributed by atoms with E-state index in [1.807, 2.05) is 60.7 Å². The Morgan fingerprint density at radius 1 is 0.138 bits per heavy atom. The Kier molecular flexibility index (Phi) is 12.9. The normalized spacial score (nSPS) is 14.8. The van der Waals surface area contributed by atoms with Crippen molar-refractivity contribution in [3.8, 4) is 69.0 Å². The van der Waals surface area contributed by atoms with Crippen LogP contribution in [-0.4, -0.2) is 26.9 Å². The van der Waals surface area contributed by atoms with E-state index in [2.05, 4.69) is 355 Å². The summed E-state index contributed by atoms with van der Waals surface area (Å²) in [4.78, 5) is 20.0. The number of rotatable bonds is 6. The second-order valence-electron chi connectivity index (χ2n) is 35.4. The van der Waals surface area contributed by atoms with Crippen LogP contribution in [0.2, 0.25) is 0 Å². The van der Waals surface area contributed by atoms with Crippen LogP contribution in [0.15, 0.2) is 376 Å². The van der Waals surface area contributed by atoms with E-state index >= 15 is 0 Å². The van der Waals surface area contributed by atoms with Gasteiger partial charge in [0.25, 0.3) is 26.9 Å². The molecule has 19 aromatic rings. The summed E-state index contributed by atoms with van der Waals surface area (Å²) in [5.41, 5.74) is 41.1. The summed E-state index contributed by atoms with van der Waals surface area (Å²) in [7, 11) is 0. The maximum absolute atomic E-state index is 7.07. The third kappa shape index (κ3) is 8.42. The lowest BCUT2D eigenvalue weighted by Crippen LogP contribution is -2.65. The third-order valence-electron chi connectivity index (χ3n) is 29.3. The van der Waals surface area contributed by atoms with Gasteiger partial charge in [-0.15, -0.1) is 0 Å². The number of benzene rings is 19. The van der Waals surface area contributed by atoms with Gasteiger partial charge in [-0.05, 0) is 250 Å². The summed E-state index contributed by atoms with van der Waals surface area (Å²) in [5.74, 6) is 8.96. The van der Waals surface area contributed by atoms with Crippen molar-refractivity contribution < 1.29 is 28.4 Å². The van der Waals surface area contributed by atoms with E-state index in [-0.39, 0.29) is 26.9 Å². The smallest absolute Gasteiger partial charge is 0.266 e. The molecule has 0 fully saturated rings. The van der Waals surface area contributed by atoms with E-state index < -0.39 is 0 Å². The first-order valence-corrected chi connectivity index (χ1v) is 44.6. The van der Waals surface area contributed by atoms with Gasteiger partial charge in [0.1, 0.15) is 23.0 Å². The minimum atomic E-state index is -0.202. The average Bonchev–Trinajstić information content (AvgIpc) is 0.657. The topological polar surface area (TPSA) is 81.3 Å². The minimum absolute atomic E-state index is 0.0755. The molecule has 33 rings (SSSR count). The molecule has 0 bridgehead atoms. The average molecular weight is 1660 g/mol. The Morgan fingerprint density at radius 2 is 0.369 bits per heavy atom. The molecule has 130 heavy (non-hydrogen) atoms. The molecule has 18 heteroatoms. The van der Waals surface area contributed by atoms with Gasteiger partial charge in [-0.3, -0.25) is 0 Å². The Labute approximate surface area is 747 Å². The lowest BCUT2D eigenvalue weighted by atomic mass is 9.30. The molecular weight excluding hydrogens is 1600 g/mol. The molecular formula is C112H62B4N8O6. The summed E-state index contributed by atoms with van der Waals surface area (Å²) in [6.07, 6.45) is 0. The predicted octanol–water partition coefficient (Wildman–Crippen LogP) is 21.5. The highest BCUT2D eigenvalue weighted by Crippen LogP contribution is 2.63. The first kappa shape index (κ1) is 68.3. The van der Waals surface area contributed by atoms with Crippen molar-refractivity contribution >= 4 is 240 Å². The quantitative estimate of drug-likeness (QED) is 0.148. The minimum Gasteiger partial charge on any atom is -0.454 e. The fourth-order valence-electron chi connectivity index (χ4n) is 24.7. The Balaban J connectivity index is 0.000000130. The van der Waals surface area contributed by atoms with Crippen molar-refractivity contribution in [3.63, 3.8) is 0 Å². The zero-order valence-electron chi connectivity index (χ0n) is 69.1. The summed E-state index contributed by atoms with van der Waals surface area (Å²) < 4.78 is 41.4. The van der Waals surface area contributed by atoms with Crippen LogP contribution < -0.4 is 133 Å². The first-order valence-electron chi connectivity index (χ1n) is 44.6. The monoisotopic (exact) mass is 1660 g/mol. The van der Waals surface area contributed by atoms with Gasteiger partial charge in [-0.25, -0.2) is 0 Å². The van der Waals surface area contributed by atoms with Crippen molar-refractivity contribution in [2.75, 3.05) is 39.2 Å². The Bertz CT molecular complexity index is 7890. The van der Waals surface area contributed by atoms with E-state index in [1.165, 1.54) is 112 Å². The van der Waals surface area contributed by atoms with E-state index in [1.54, 1.807) is 0 Å². The number of para-hydroxylation sites is 10. The number of nitrogens with zero attached hydrogens (tertiary/aromatic N) is 8. The molecule has 0 saturated carbocycles. The first-order chi connectivity index (χ1) is 64.6. The van der Waals surface area contributed by atoms with Crippen LogP contribution in [0.1, 0.15) is 0 Å². The highest BCUT2D eigenvalue weighted by atomic mass is 16.5. The number of anilines is 24. The molecule has 0 saturated heterocycles. The van der Waals surface area contributed by atoms with Crippen LogP contribution in [-0.2, 0) is 0 Å². The number of hydrogen-bond acceptors (Lipinski definition) is 14. The van der Waals surface area contributed by atoms with Gasteiger partial charge in [-0.1, -0.05) is 170 Å². The fourth-order valence-corrected chi connectivity index (χ4v) is 24.7. The van der Waals surface area contributed by atoms with Crippen LogP contribution in [0.5, 0.6) is 69.0 Å². The third-order valence-corrected chi connectivity index (χ3v) is 29.3. The van der Waals surface area contributed by atoms with Gasteiger partial charge in [0.05, 0.1) is 34.1 Å². The van der Waals surface area contributed by atoms with E-state index in [0.29, 0.717) is 23.0 Å². The van der Waals surface area contributed by atoms with Gasteiger partial charge < -0.3 is 67.6 Å². The Morgan fingerprint density at radius 3 is 0.692 bits per heavy atom. The Hall–Kier alpha value is -17.1. The van der Waals surface area contributed by atoms with Crippen molar-refractivity contribution in [3.05, 3.63) is 376 Å². The molecule has 0 aromatic heterocycles. The molecule has 0 N–H and O–H groups in total. The molecule has 14 aliphatic rings. The summed E-state index contributed by atoms with van der Waals surface area (Å²) in [6, 6.07) is 136. The highest BCUT2D eigenvalue weighted by molar-refractivity contribution is 7.05. The molecule has 0 aliphatic carbocycles. The summed E-state index contributed by atoms with van der Waals surface area (Å²) >= 11 is 0. The largest absolute Gasteiger partial charge is 0.454 e. The molecule has 0 amide bonds. The lowest BCUT2D eigenvalue weighted by molar-refractivity contribution is 0.395. The number of hydrogen-bond donors (Lipinski definition) is 0. The molecule has 14 nitrogen and oxygen atoms in total. The van der Waals surface area contributed by atoms with Gasteiger partial charge in [0, 0.05) is 135 Å². The van der Waals surface area contributed by atoms with Crippen LogP contribution in [0.25, 0.3) is 10.8 Å². The summed E-state index contributed by atoms with van der Waals surface area (Å²) in [5, 5.41) is 2.40. The van der Waals surface area contributed by atoms with Crippen molar-refractivity contribution in [2.24, 2.45) is 0 Å². The van der Waals surface area contributed by atoms with Crippen LogP contribution >= 0.6 is 0 Å². The molecule has 19 aromatic carbocycles. The van der Waals surface area contributed by atoms with Gasteiger partial charge in [-0.2, -0.15) is 0 Å². The maximum Gasteiger partial charge on any atom is 0.266 e. The maximum atomic E-state index is 7.07. The molecule has 14 heterocycles. The van der Waals surface area contributed by atoms with Crippen molar-refractivity contribution in [1.82, 2.24) is 0 Å². The molecule has 0 unspecified atom stereocenters. The van der Waals surface area contributed by atoms with Crippen LogP contribution in [0.3, 0.4) is 0 Å². The molecule has 0 radical (unpaired) electrons. The SMILES string of the molecule is c1ccc(N2c3cccc4c3B3c5c2cccc5N(c2ccccc2)c2c3c(cc3c5c6c(cc23)N(c2ccccc2)c2cccc3c2B6c2c(cccc2N5c2ccccc2)N3c2ccccc2)N4c2ccccc2)cc1.c1ccc2c(c1)Oc1ccc3c4c1N2c1cccc2c1B4c1c(c4c5c(c1O3)Oc1cccc3c1B5c1c(ccc5c1N3c1ccccc1O5)O4)O2. The predicted molar refractivity (Wildman–Crippen MR) is 527 cm³/mol. The van der Waals surface area contributed by atoms with Gasteiger partial charge in [0.15, 0.2) is 46.0 Å². The second kappa shape index (κ2) is 24.5. The molecule has 14 aliphatic heterocycles. The lowest BCUT2D eigenvalue weighted by Gasteiger charge is -2.51. The van der Waals surface area contributed by atoms with Crippen molar-refractivity contribution in [2.45, 2.75) is 0 Å². The standard InChI is InChI=1S/C70H44B2N6.C42H18B2N2O6/c1-7-23-45(24-8-1)73-53-35-19-39-57-63(53)71-65-55(73)37-21-41-59(65)77(49-31-15-5-16-32-49)69-51-44-62-68-70(52(51)43-61(67(69)71)75(57)47-27-11-3-12-28-47)78(50-33-17-6-18-34-50)60-42-22-38-56-66(60)72(68)64-54(74(56)46-25-9-2-10-26-46)36-20-40-58(64)76(62)48-29-13-4-14-30-48;1-3-11-23-19(7-1)45-21-9-5-13-25-31(21)43-33-27(15-17-29(47-23)37(33)45)51-41-35(43)39(49-25)42-36-40(41)50-26-14-6-10-22-32(26)44(36)34-28(52-42)16-18-30-38(34)46(22)20-8-2-4-12-24(20)48-30/h1-44H;1-18H.